The third-order valence-corrected chi connectivity index (χ3v) is 13.7. The van der Waals surface area contributed by atoms with E-state index in [1.165, 1.54) is 38.5 Å². The minimum Gasteiger partial charge on any atom is -0.462 e. The van der Waals surface area contributed by atoms with E-state index in [1.54, 1.807) is 19.4 Å². The van der Waals surface area contributed by atoms with Crippen molar-refractivity contribution in [3.8, 4) is 0 Å². The fourth-order valence-electron chi connectivity index (χ4n) is 11.4. The molecule has 9 atom stereocenters. The molecule has 0 aliphatic heterocycles. The van der Waals surface area contributed by atoms with Crippen molar-refractivity contribution in [2.45, 2.75) is 139 Å². The van der Waals surface area contributed by atoms with Crippen molar-refractivity contribution < 1.29 is 19.1 Å². The van der Waals surface area contributed by atoms with Crippen LogP contribution in [0.3, 0.4) is 0 Å². The largest absolute Gasteiger partial charge is 0.462 e. The van der Waals surface area contributed by atoms with Crippen LogP contribution in [0.1, 0.15) is 127 Å². The van der Waals surface area contributed by atoms with Crippen molar-refractivity contribution >= 4 is 11.9 Å². The molecule has 4 saturated carbocycles. The summed E-state index contributed by atoms with van der Waals surface area (Å²) in [6.45, 7) is 22.8. The molecule has 0 heterocycles. The molecule has 0 amide bonds. The van der Waals surface area contributed by atoms with Crippen molar-refractivity contribution in [1.82, 2.24) is 0 Å². The van der Waals surface area contributed by atoms with Gasteiger partial charge in [-0.25, -0.2) is 0 Å². The normalized spacial score (nSPS) is 48.8. The zero-order valence-electron chi connectivity index (χ0n) is 26.0. The van der Waals surface area contributed by atoms with Gasteiger partial charge in [0, 0.05) is 24.7 Å². The fourth-order valence-corrected chi connectivity index (χ4v) is 11.4. The quantitative estimate of drug-likeness (QED) is 0.268. The number of hydrogen-bond acceptors (Lipinski definition) is 4. The molecule has 3 unspecified atom stereocenters. The van der Waals surface area contributed by atoms with Gasteiger partial charge in [0.1, 0.15) is 12.2 Å². The van der Waals surface area contributed by atoms with E-state index in [2.05, 4.69) is 61.5 Å². The lowest BCUT2D eigenvalue weighted by atomic mass is 9.32. The number of ether oxygens (including phenoxy) is 2. The molecule has 0 bridgehead atoms. The van der Waals surface area contributed by atoms with E-state index in [1.807, 2.05) is 0 Å². The van der Waals surface area contributed by atoms with Gasteiger partial charge in [-0.1, -0.05) is 67.0 Å². The van der Waals surface area contributed by atoms with Crippen LogP contribution in [0.15, 0.2) is 11.6 Å². The van der Waals surface area contributed by atoms with E-state index in [9.17, 15) is 9.59 Å². The Morgan fingerprint density at radius 3 is 1.97 bits per heavy atom. The Labute approximate surface area is 232 Å². The number of rotatable bonds is 2. The van der Waals surface area contributed by atoms with E-state index in [0.29, 0.717) is 23.2 Å². The zero-order valence-corrected chi connectivity index (χ0v) is 26.0. The summed E-state index contributed by atoms with van der Waals surface area (Å²) in [5.41, 5.74) is 2.51. The summed E-state index contributed by atoms with van der Waals surface area (Å²) in [5, 5.41) is 0. The molecule has 5 aliphatic carbocycles. The van der Waals surface area contributed by atoms with Gasteiger partial charge in [0.2, 0.25) is 0 Å². The van der Waals surface area contributed by atoms with Crippen molar-refractivity contribution in [1.29, 1.82) is 0 Å². The van der Waals surface area contributed by atoms with Gasteiger partial charge in [-0.3, -0.25) is 9.59 Å². The summed E-state index contributed by atoms with van der Waals surface area (Å²) in [4.78, 5) is 23.9. The Hall–Kier alpha value is -1.32. The van der Waals surface area contributed by atoms with Crippen LogP contribution >= 0.6 is 0 Å². The molecule has 0 radical (unpaired) electrons. The number of fused-ring (bicyclic) bond motifs is 7. The maximum absolute atomic E-state index is 11.9. The molecule has 5 aliphatic rings. The molecule has 38 heavy (non-hydrogen) atoms. The molecular weight excluding hydrogens is 472 g/mol. The van der Waals surface area contributed by atoms with Gasteiger partial charge in [-0.15, -0.1) is 0 Å². The van der Waals surface area contributed by atoms with Crippen LogP contribution in [0, 0.1) is 50.2 Å². The van der Waals surface area contributed by atoms with Crippen LogP contribution in [0.5, 0.6) is 0 Å². The zero-order chi connectivity index (χ0) is 28.1. The van der Waals surface area contributed by atoms with E-state index in [0.717, 1.165) is 19.3 Å². The highest BCUT2D eigenvalue weighted by Gasteiger charge is 2.69. The van der Waals surface area contributed by atoms with Crippen LogP contribution in [-0.4, -0.2) is 24.1 Å². The predicted molar refractivity (Wildman–Crippen MR) is 151 cm³/mol. The van der Waals surface area contributed by atoms with Crippen LogP contribution in [0.25, 0.3) is 0 Å². The van der Waals surface area contributed by atoms with Crippen LogP contribution in [0.4, 0.5) is 0 Å². The average Bonchev–Trinajstić information content (AvgIpc) is 2.77. The molecule has 0 aromatic carbocycles. The SMILES string of the molecule is CC(=O)O[C@H]1CC[C@@]2(C)C(CC[C@]3(C)C2CCC2C4=CC(C)(C)[C@H](OC(C)=O)C[C@]4(C)CC[C@]23C)C1(C)C. The van der Waals surface area contributed by atoms with Gasteiger partial charge in [0.15, 0.2) is 0 Å². The Kier molecular flexibility index (Phi) is 6.38. The van der Waals surface area contributed by atoms with Crippen LogP contribution < -0.4 is 0 Å². The number of esters is 2. The molecular formula is C34H54O4. The smallest absolute Gasteiger partial charge is 0.302 e. The maximum Gasteiger partial charge on any atom is 0.302 e. The summed E-state index contributed by atoms with van der Waals surface area (Å²) in [5.74, 6) is 1.59. The molecule has 0 aromatic rings. The molecule has 4 nitrogen and oxygen atoms in total. The van der Waals surface area contributed by atoms with Crippen molar-refractivity contribution in [3.63, 3.8) is 0 Å². The Bertz CT molecular complexity index is 1040. The monoisotopic (exact) mass is 526 g/mol. The number of carbonyl (C=O) groups excluding carboxylic acids is 2. The third-order valence-electron chi connectivity index (χ3n) is 13.7. The van der Waals surface area contributed by atoms with Crippen LogP contribution in [0.2, 0.25) is 0 Å². The van der Waals surface area contributed by atoms with E-state index in [4.69, 9.17) is 9.47 Å². The Morgan fingerprint density at radius 2 is 1.34 bits per heavy atom. The highest BCUT2D eigenvalue weighted by atomic mass is 16.5. The lowest BCUT2D eigenvalue weighted by Gasteiger charge is -2.72. The second-order valence-corrected chi connectivity index (χ2v) is 16.4. The van der Waals surface area contributed by atoms with Gasteiger partial charge in [-0.05, 0) is 97.2 Å². The first-order chi connectivity index (χ1) is 17.4. The van der Waals surface area contributed by atoms with Crippen molar-refractivity contribution in [2.75, 3.05) is 0 Å². The summed E-state index contributed by atoms with van der Waals surface area (Å²) in [6.07, 6.45) is 13.1. The summed E-state index contributed by atoms with van der Waals surface area (Å²) in [7, 11) is 0. The highest BCUT2D eigenvalue weighted by molar-refractivity contribution is 5.66. The molecule has 4 heteroatoms. The first kappa shape index (κ1) is 28.2. The molecule has 5 rings (SSSR count). The molecule has 0 aromatic heterocycles. The lowest BCUT2D eigenvalue weighted by molar-refractivity contribution is -0.234. The van der Waals surface area contributed by atoms with Gasteiger partial charge < -0.3 is 9.47 Å². The van der Waals surface area contributed by atoms with Crippen molar-refractivity contribution in [3.05, 3.63) is 11.6 Å². The highest BCUT2D eigenvalue weighted by Crippen LogP contribution is 2.76. The number of allylic oxidation sites excluding steroid dienone is 1. The van der Waals surface area contributed by atoms with Crippen molar-refractivity contribution in [2.24, 2.45) is 50.2 Å². The molecule has 4 fully saturated rings. The summed E-state index contributed by atoms with van der Waals surface area (Å²) >= 11 is 0. The summed E-state index contributed by atoms with van der Waals surface area (Å²) in [6, 6.07) is 0. The topological polar surface area (TPSA) is 52.6 Å². The lowest BCUT2D eigenvalue weighted by Crippen LogP contribution is -2.66. The first-order valence-corrected chi connectivity index (χ1v) is 15.5. The van der Waals surface area contributed by atoms with Gasteiger partial charge in [0.05, 0.1) is 0 Å². The minimum absolute atomic E-state index is 0.00450. The van der Waals surface area contributed by atoms with E-state index >= 15 is 0 Å². The fraction of sp³-hybridized carbons (Fsp3) is 0.882. The van der Waals surface area contributed by atoms with Gasteiger partial charge >= 0.3 is 11.9 Å². The van der Waals surface area contributed by atoms with E-state index in [-0.39, 0.29) is 51.2 Å². The van der Waals surface area contributed by atoms with E-state index < -0.39 is 0 Å². The first-order valence-electron chi connectivity index (χ1n) is 15.5. The Balaban J connectivity index is 1.50. The standard InChI is InChI=1S/C34H54O4/c1-21(35)37-27-14-15-32(8)25(30(27,5)6)13-16-34(10)26(32)12-11-23-24-19-29(3,4)28(38-22(2)36)20-31(24,7)17-18-33(23,34)9/h19,23,25-28H,11-18,20H2,1-10H3/t23?,25?,26?,27-,28+,31-,32-,33+,34+/m0/s1. The molecule has 0 saturated heterocycles. The number of carbonyl (C=O) groups is 2. The van der Waals surface area contributed by atoms with Gasteiger partial charge in [-0.2, -0.15) is 0 Å². The predicted octanol–water partition coefficient (Wildman–Crippen LogP) is 8.28. The van der Waals surface area contributed by atoms with Crippen LogP contribution in [-0.2, 0) is 19.1 Å². The molecule has 0 spiro atoms. The minimum atomic E-state index is -0.159. The average molecular weight is 527 g/mol. The molecule has 0 N–H and O–H groups in total. The summed E-state index contributed by atoms with van der Waals surface area (Å²) < 4.78 is 11.8. The van der Waals surface area contributed by atoms with Gasteiger partial charge in [0.25, 0.3) is 0 Å². The Morgan fingerprint density at radius 1 is 0.711 bits per heavy atom. The third kappa shape index (κ3) is 3.80. The second kappa shape index (κ2) is 8.59. The molecule has 214 valence electrons. The second-order valence-electron chi connectivity index (χ2n) is 16.4. The number of hydrogen-bond donors (Lipinski definition) is 0. The maximum atomic E-state index is 11.9.